The second kappa shape index (κ2) is 4.33. The van der Waals surface area contributed by atoms with E-state index >= 15 is 0 Å². The minimum atomic E-state index is 0.493. The van der Waals surface area contributed by atoms with Crippen molar-refractivity contribution in [3.8, 4) is 0 Å². The molecule has 0 heterocycles. The fraction of sp³-hybridized carbons (Fsp3) is 0.333. The fourth-order valence-electron chi connectivity index (χ4n) is 1.24. The van der Waals surface area contributed by atoms with E-state index < -0.39 is 0 Å². The summed E-state index contributed by atoms with van der Waals surface area (Å²) in [7, 11) is 0. The van der Waals surface area contributed by atoms with Crippen molar-refractivity contribution in [3.05, 3.63) is 29.3 Å². The summed E-state index contributed by atoms with van der Waals surface area (Å²) in [5.41, 5.74) is 5.91. The normalized spacial score (nSPS) is 9.92. The van der Waals surface area contributed by atoms with Crippen LogP contribution in [0.25, 0.3) is 0 Å². The second-order valence-corrected chi connectivity index (χ2v) is 2.85. The molecule has 0 aliphatic heterocycles. The van der Waals surface area contributed by atoms with E-state index in [2.05, 4.69) is 12.3 Å². The maximum Gasteiger partial charge on any atom is 0.0561 e. The molecule has 0 saturated heterocycles. The van der Waals surface area contributed by atoms with Crippen molar-refractivity contribution in [2.45, 2.75) is 19.2 Å². The highest BCUT2D eigenvalue weighted by Gasteiger charge is 2.03. The number of aryl methyl sites for hydroxylation is 1. The van der Waals surface area contributed by atoms with Gasteiger partial charge in [0.25, 0.3) is 0 Å². The number of nitrogens with two attached hydrogens (primary N) is 1. The Morgan fingerprint density at radius 3 is 2.58 bits per heavy atom. The Morgan fingerprint density at radius 1 is 1.42 bits per heavy atom. The Bertz CT molecular complexity index is 238. The SMILES string of the molecule is CCc1cccc(CCl)c1NN. The van der Waals surface area contributed by atoms with E-state index in [0.717, 1.165) is 17.7 Å². The molecule has 66 valence electrons. The lowest BCUT2D eigenvalue weighted by Gasteiger charge is -2.10. The van der Waals surface area contributed by atoms with Gasteiger partial charge in [-0.3, -0.25) is 5.84 Å². The van der Waals surface area contributed by atoms with Crippen molar-refractivity contribution in [1.82, 2.24) is 0 Å². The largest absolute Gasteiger partial charge is 0.324 e. The predicted molar refractivity (Wildman–Crippen MR) is 53.2 cm³/mol. The highest BCUT2D eigenvalue weighted by atomic mass is 35.5. The Hall–Kier alpha value is -0.730. The van der Waals surface area contributed by atoms with Crippen molar-refractivity contribution in [1.29, 1.82) is 0 Å². The summed E-state index contributed by atoms with van der Waals surface area (Å²) >= 11 is 5.74. The molecule has 0 aromatic heterocycles. The lowest BCUT2D eigenvalue weighted by atomic mass is 10.1. The molecule has 0 saturated carbocycles. The fourth-order valence-corrected chi connectivity index (χ4v) is 1.47. The molecule has 0 bridgehead atoms. The first-order valence-electron chi connectivity index (χ1n) is 3.96. The molecule has 0 aliphatic rings. The zero-order chi connectivity index (χ0) is 8.97. The third kappa shape index (κ3) is 1.71. The second-order valence-electron chi connectivity index (χ2n) is 2.58. The first-order valence-corrected chi connectivity index (χ1v) is 4.50. The van der Waals surface area contributed by atoms with Crippen LogP contribution in [-0.4, -0.2) is 0 Å². The quantitative estimate of drug-likeness (QED) is 0.430. The van der Waals surface area contributed by atoms with Gasteiger partial charge in [-0.05, 0) is 17.5 Å². The summed E-state index contributed by atoms with van der Waals surface area (Å²) in [6.45, 7) is 2.09. The van der Waals surface area contributed by atoms with Crippen LogP contribution in [0.2, 0.25) is 0 Å². The number of rotatable bonds is 3. The van der Waals surface area contributed by atoms with Crippen LogP contribution in [0.1, 0.15) is 18.1 Å². The summed E-state index contributed by atoms with van der Waals surface area (Å²) in [5, 5.41) is 0. The summed E-state index contributed by atoms with van der Waals surface area (Å²) < 4.78 is 0. The van der Waals surface area contributed by atoms with Crippen LogP contribution >= 0.6 is 11.6 Å². The maximum absolute atomic E-state index is 5.74. The van der Waals surface area contributed by atoms with Crippen LogP contribution in [0, 0.1) is 0 Å². The average Bonchev–Trinajstić information content (AvgIpc) is 2.16. The van der Waals surface area contributed by atoms with Gasteiger partial charge in [-0.2, -0.15) is 0 Å². The van der Waals surface area contributed by atoms with Crippen molar-refractivity contribution >= 4 is 17.3 Å². The Kier molecular flexibility index (Phi) is 3.38. The van der Waals surface area contributed by atoms with E-state index in [9.17, 15) is 0 Å². The average molecular weight is 185 g/mol. The first-order chi connectivity index (χ1) is 5.83. The van der Waals surface area contributed by atoms with E-state index in [1.807, 2.05) is 18.2 Å². The van der Waals surface area contributed by atoms with E-state index in [0.29, 0.717) is 5.88 Å². The Balaban J connectivity index is 3.13. The lowest BCUT2D eigenvalue weighted by molar-refractivity contribution is 1.11. The molecule has 0 fully saturated rings. The van der Waals surface area contributed by atoms with E-state index in [1.165, 1.54) is 5.56 Å². The van der Waals surface area contributed by atoms with E-state index in [4.69, 9.17) is 17.4 Å². The number of hydrazine groups is 1. The Labute approximate surface area is 77.7 Å². The van der Waals surface area contributed by atoms with E-state index in [1.54, 1.807) is 0 Å². The van der Waals surface area contributed by atoms with Gasteiger partial charge in [-0.1, -0.05) is 25.1 Å². The van der Waals surface area contributed by atoms with Gasteiger partial charge < -0.3 is 5.43 Å². The van der Waals surface area contributed by atoms with Crippen molar-refractivity contribution in [3.63, 3.8) is 0 Å². The number of halogens is 1. The van der Waals surface area contributed by atoms with Crippen LogP contribution in [0.3, 0.4) is 0 Å². The number of alkyl halides is 1. The standard InChI is InChI=1S/C9H13ClN2/c1-2-7-4-3-5-8(6-10)9(7)12-11/h3-5,12H,2,6,11H2,1H3. The lowest BCUT2D eigenvalue weighted by Crippen LogP contribution is -2.11. The van der Waals surface area contributed by atoms with Crippen LogP contribution in [0.4, 0.5) is 5.69 Å². The predicted octanol–water partition coefficient (Wildman–Crippen LogP) is 2.27. The number of hydrogen-bond acceptors (Lipinski definition) is 2. The van der Waals surface area contributed by atoms with Gasteiger partial charge in [-0.15, -0.1) is 11.6 Å². The topological polar surface area (TPSA) is 38.0 Å². The van der Waals surface area contributed by atoms with Gasteiger partial charge in [0, 0.05) is 5.88 Å². The molecule has 1 aromatic rings. The minimum Gasteiger partial charge on any atom is -0.324 e. The van der Waals surface area contributed by atoms with Crippen molar-refractivity contribution in [2.75, 3.05) is 5.43 Å². The highest BCUT2D eigenvalue weighted by Crippen LogP contribution is 2.21. The molecule has 3 N–H and O–H groups in total. The van der Waals surface area contributed by atoms with Crippen LogP contribution in [0.15, 0.2) is 18.2 Å². The molecule has 1 aromatic carbocycles. The van der Waals surface area contributed by atoms with E-state index in [-0.39, 0.29) is 0 Å². The maximum atomic E-state index is 5.74. The van der Waals surface area contributed by atoms with Gasteiger partial charge in [0.1, 0.15) is 0 Å². The zero-order valence-electron chi connectivity index (χ0n) is 7.10. The molecule has 2 nitrogen and oxygen atoms in total. The molecule has 12 heavy (non-hydrogen) atoms. The number of nitrogen functional groups attached to an aromatic ring is 1. The summed E-state index contributed by atoms with van der Waals surface area (Å²) in [6.07, 6.45) is 0.963. The smallest absolute Gasteiger partial charge is 0.0561 e. The number of nitrogens with one attached hydrogen (secondary N) is 1. The number of hydrogen-bond donors (Lipinski definition) is 2. The van der Waals surface area contributed by atoms with Gasteiger partial charge in [0.2, 0.25) is 0 Å². The molecular formula is C9H13ClN2. The molecular weight excluding hydrogens is 172 g/mol. The number of anilines is 1. The number of para-hydroxylation sites is 1. The van der Waals surface area contributed by atoms with Crippen LogP contribution < -0.4 is 11.3 Å². The molecule has 0 aliphatic carbocycles. The number of benzene rings is 1. The molecule has 1 rings (SSSR count). The van der Waals surface area contributed by atoms with Gasteiger partial charge in [0.15, 0.2) is 0 Å². The monoisotopic (exact) mass is 184 g/mol. The molecule has 0 atom stereocenters. The van der Waals surface area contributed by atoms with Crippen molar-refractivity contribution < 1.29 is 0 Å². The third-order valence-electron chi connectivity index (χ3n) is 1.91. The molecule has 0 amide bonds. The third-order valence-corrected chi connectivity index (χ3v) is 2.19. The first kappa shape index (κ1) is 9.36. The van der Waals surface area contributed by atoms with Crippen LogP contribution in [-0.2, 0) is 12.3 Å². The van der Waals surface area contributed by atoms with Crippen LogP contribution in [0.5, 0.6) is 0 Å². The molecule has 0 radical (unpaired) electrons. The highest BCUT2D eigenvalue weighted by molar-refractivity contribution is 6.17. The van der Waals surface area contributed by atoms with Gasteiger partial charge >= 0.3 is 0 Å². The Morgan fingerprint density at radius 2 is 2.08 bits per heavy atom. The van der Waals surface area contributed by atoms with Gasteiger partial charge in [0.05, 0.1) is 5.69 Å². The minimum absolute atomic E-state index is 0.493. The summed E-state index contributed by atoms with van der Waals surface area (Å²) in [4.78, 5) is 0. The van der Waals surface area contributed by atoms with Gasteiger partial charge in [-0.25, -0.2) is 0 Å². The molecule has 0 unspecified atom stereocenters. The summed E-state index contributed by atoms with van der Waals surface area (Å²) in [6, 6.07) is 6.02. The zero-order valence-corrected chi connectivity index (χ0v) is 7.86. The molecule has 3 heteroatoms. The van der Waals surface area contributed by atoms with Crippen molar-refractivity contribution in [2.24, 2.45) is 5.84 Å². The summed E-state index contributed by atoms with van der Waals surface area (Å²) in [5.74, 6) is 5.89. The molecule has 0 spiro atoms.